The lowest BCUT2D eigenvalue weighted by Gasteiger charge is -2.15. The molecule has 0 spiro atoms. The summed E-state index contributed by atoms with van der Waals surface area (Å²) in [7, 11) is 1.47. The van der Waals surface area contributed by atoms with E-state index in [4.69, 9.17) is 24.7 Å². The molecule has 2 aromatic rings. The van der Waals surface area contributed by atoms with Gasteiger partial charge in [-0.15, -0.1) is 0 Å². The highest BCUT2D eigenvalue weighted by atomic mass is 19.1. The van der Waals surface area contributed by atoms with Crippen LogP contribution in [0.1, 0.15) is 18.1 Å². The fourth-order valence-electron chi connectivity index (χ4n) is 2.66. The highest BCUT2D eigenvalue weighted by molar-refractivity contribution is 5.79. The molecular formula is C19H21FN2O5. The Kier molecular flexibility index (Phi) is 5.66. The molecule has 1 aliphatic rings. The first-order valence-corrected chi connectivity index (χ1v) is 8.39. The lowest BCUT2D eigenvalue weighted by atomic mass is 10.1. The number of nitrogens with two attached hydrogens (primary N) is 1. The second-order valence-corrected chi connectivity index (χ2v) is 6.00. The predicted octanol–water partition coefficient (Wildman–Crippen LogP) is 2.11. The summed E-state index contributed by atoms with van der Waals surface area (Å²) in [5.41, 5.74) is 6.36. The second-order valence-electron chi connectivity index (χ2n) is 6.00. The number of hydrogen-bond acceptors (Lipinski definition) is 6. The smallest absolute Gasteiger partial charge is 0.234 e. The summed E-state index contributed by atoms with van der Waals surface area (Å²) in [5, 5.41) is 3.01. The molecule has 0 aliphatic carbocycles. The normalized spacial score (nSPS) is 13.3. The Labute approximate surface area is 156 Å². The van der Waals surface area contributed by atoms with Crippen molar-refractivity contribution in [3.8, 4) is 23.0 Å². The summed E-state index contributed by atoms with van der Waals surface area (Å²) in [6, 6.07) is 7.61. The van der Waals surface area contributed by atoms with Gasteiger partial charge in [-0.05, 0) is 25.1 Å². The zero-order valence-corrected chi connectivity index (χ0v) is 15.1. The van der Waals surface area contributed by atoms with Crippen molar-refractivity contribution in [2.75, 3.05) is 13.9 Å². The molecule has 1 aliphatic heterocycles. The molecule has 0 radical (unpaired) electrons. The molecule has 0 saturated heterocycles. The molecule has 0 bridgehead atoms. The zero-order valence-electron chi connectivity index (χ0n) is 15.1. The van der Waals surface area contributed by atoms with Crippen molar-refractivity contribution in [2.45, 2.75) is 26.1 Å². The number of hydrogen-bond donors (Lipinski definition) is 2. The molecule has 0 aromatic heterocycles. The maximum atomic E-state index is 14.1. The minimum atomic E-state index is -0.479. The maximum absolute atomic E-state index is 14.1. The number of primary amides is 1. The number of nitrogens with one attached hydrogen (secondary N) is 1. The summed E-state index contributed by atoms with van der Waals surface area (Å²) < 4.78 is 36.0. The van der Waals surface area contributed by atoms with Crippen LogP contribution >= 0.6 is 0 Å². The number of ether oxygens (including phenoxy) is 4. The van der Waals surface area contributed by atoms with E-state index in [0.717, 1.165) is 5.56 Å². The minimum Gasteiger partial charge on any atom is -0.496 e. The van der Waals surface area contributed by atoms with Crippen molar-refractivity contribution >= 4 is 5.91 Å². The van der Waals surface area contributed by atoms with Gasteiger partial charge in [0, 0.05) is 12.1 Å². The second kappa shape index (κ2) is 8.13. The molecule has 8 heteroatoms. The number of halogens is 1. The van der Waals surface area contributed by atoms with E-state index >= 15 is 0 Å². The number of carbonyl (C=O) groups excluding carboxylic acids is 1. The third-order valence-electron chi connectivity index (χ3n) is 4.26. The molecule has 1 heterocycles. The molecule has 144 valence electrons. The maximum Gasteiger partial charge on any atom is 0.234 e. The van der Waals surface area contributed by atoms with Crippen LogP contribution in [-0.4, -0.2) is 25.9 Å². The van der Waals surface area contributed by atoms with E-state index in [2.05, 4.69) is 5.32 Å². The van der Waals surface area contributed by atoms with Gasteiger partial charge in [0.2, 0.25) is 18.4 Å². The summed E-state index contributed by atoms with van der Waals surface area (Å²) >= 11 is 0. The number of methoxy groups -OCH3 is 1. The van der Waals surface area contributed by atoms with Gasteiger partial charge in [-0.2, -0.15) is 0 Å². The molecule has 7 nitrogen and oxygen atoms in total. The number of carbonyl (C=O) groups is 1. The first-order valence-electron chi connectivity index (χ1n) is 8.39. The van der Waals surface area contributed by atoms with Crippen molar-refractivity contribution in [2.24, 2.45) is 5.73 Å². The van der Waals surface area contributed by atoms with Gasteiger partial charge in [0.25, 0.3) is 0 Å². The van der Waals surface area contributed by atoms with E-state index < -0.39 is 17.8 Å². The first-order chi connectivity index (χ1) is 13.0. The Bertz CT molecular complexity index is 843. The third-order valence-corrected chi connectivity index (χ3v) is 4.26. The molecule has 27 heavy (non-hydrogen) atoms. The van der Waals surface area contributed by atoms with Gasteiger partial charge in [-0.1, -0.05) is 12.1 Å². The van der Waals surface area contributed by atoms with E-state index in [0.29, 0.717) is 35.1 Å². The molecular weight excluding hydrogens is 355 g/mol. The van der Waals surface area contributed by atoms with Crippen molar-refractivity contribution in [1.29, 1.82) is 0 Å². The highest BCUT2D eigenvalue weighted by Gasteiger charge is 2.24. The summed E-state index contributed by atoms with van der Waals surface area (Å²) in [6.07, 6.45) is 0. The van der Waals surface area contributed by atoms with Gasteiger partial charge in [-0.25, -0.2) is 4.39 Å². The standard InChI is InChI=1S/C19H21FN2O5/c1-11(19(21)23)22-8-12-6-7-16(18-17(12)26-10-27-18)25-9-13-14(20)4-3-5-15(13)24-2/h3-7,11,22H,8-10H2,1-2H3,(H2,21,23)/t11-/m0/s1. The van der Waals surface area contributed by atoms with Crippen molar-refractivity contribution in [3.05, 3.63) is 47.3 Å². The fourth-order valence-corrected chi connectivity index (χ4v) is 2.66. The molecule has 1 atom stereocenters. The average Bonchev–Trinajstić information content (AvgIpc) is 3.15. The average molecular weight is 376 g/mol. The third kappa shape index (κ3) is 4.06. The Morgan fingerprint density at radius 2 is 2.04 bits per heavy atom. The van der Waals surface area contributed by atoms with E-state index in [-0.39, 0.29) is 13.4 Å². The van der Waals surface area contributed by atoms with Crippen LogP contribution in [0.4, 0.5) is 4.39 Å². The molecule has 3 N–H and O–H groups in total. The quantitative estimate of drug-likeness (QED) is 0.733. The Morgan fingerprint density at radius 3 is 2.78 bits per heavy atom. The fraction of sp³-hybridized carbons (Fsp3) is 0.316. The van der Waals surface area contributed by atoms with E-state index in [1.807, 2.05) is 0 Å². The zero-order chi connectivity index (χ0) is 19.4. The monoisotopic (exact) mass is 376 g/mol. The molecule has 3 rings (SSSR count). The van der Waals surface area contributed by atoms with Crippen LogP contribution in [0.5, 0.6) is 23.0 Å². The molecule has 0 fully saturated rings. The SMILES string of the molecule is COc1cccc(F)c1COc1ccc(CN[C@@H](C)C(N)=O)c2c1OCO2. The van der Waals surface area contributed by atoms with E-state index in [1.54, 1.807) is 31.2 Å². The van der Waals surface area contributed by atoms with Crippen molar-refractivity contribution < 1.29 is 28.1 Å². The molecule has 2 aromatic carbocycles. The van der Waals surface area contributed by atoms with Gasteiger partial charge in [-0.3, -0.25) is 4.79 Å². The van der Waals surface area contributed by atoms with Gasteiger partial charge in [0.15, 0.2) is 11.5 Å². The lowest BCUT2D eigenvalue weighted by molar-refractivity contribution is -0.119. The van der Waals surface area contributed by atoms with Gasteiger partial charge in [0.1, 0.15) is 18.2 Å². The Balaban J connectivity index is 1.76. The largest absolute Gasteiger partial charge is 0.496 e. The van der Waals surface area contributed by atoms with E-state index in [1.165, 1.54) is 13.2 Å². The Hall–Kier alpha value is -3.00. The van der Waals surface area contributed by atoms with Crippen LogP contribution in [0.25, 0.3) is 0 Å². The number of amides is 1. The van der Waals surface area contributed by atoms with Crippen molar-refractivity contribution in [3.63, 3.8) is 0 Å². The van der Waals surface area contributed by atoms with Gasteiger partial charge >= 0.3 is 0 Å². The van der Waals surface area contributed by atoms with Gasteiger partial charge in [0.05, 0.1) is 18.7 Å². The highest BCUT2D eigenvalue weighted by Crippen LogP contribution is 2.44. The lowest BCUT2D eigenvalue weighted by Crippen LogP contribution is -2.38. The first kappa shape index (κ1) is 18.8. The summed E-state index contributed by atoms with van der Waals surface area (Å²) in [4.78, 5) is 11.2. The predicted molar refractivity (Wildman–Crippen MR) is 95.3 cm³/mol. The number of rotatable bonds is 8. The summed E-state index contributed by atoms with van der Waals surface area (Å²) in [6.45, 7) is 2.08. The van der Waals surface area contributed by atoms with Crippen LogP contribution in [-0.2, 0) is 17.9 Å². The van der Waals surface area contributed by atoms with Crippen LogP contribution < -0.4 is 30.0 Å². The molecule has 0 saturated carbocycles. The van der Waals surface area contributed by atoms with Gasteiger partial charge < -0.3 is 30.0 Å². The topological polar surface area (TPSA) is 92.0 Å². The van der Waals surface area contributed by atoms with Crippen LogP contribution in [0, 0.1) is 5.82 Å². The van der Waals surface area contributed by atoms with Crippen LogP contribution in [0.15, 0.2) is 30.3 Å². The number of benzene rings is 2. The van der Waals surface area contributed by atoms with Crippen LogP contribution in [0.2, 0.25) is 0 Å². The van der Waals surface area contributed by atoms with E-state index in [9.17, 15) is 9.18 Å². The number of fused-ring (bicyclic) bond motifs is 1. The van der Waals surface area contributed by atoms with Crippen molar-refractivity contribution in [1.82, 2.24) is 5.32 Å². The Morgan fingerprint density at radius 1 is 1.26 bits per heavy atom. The molecule has 0 unspecified atom stereocenters. The summed E-state index contributed by atoms with van der Waals surface area (Å²) in [5.74, 6) is 0.949. The minimum absolute atomic E-state index is 0.0258. The van der Waals surface area contributed by atoms with Crippen LogP contribution in [0.3, 0.4) is 0 Å². The molecule has 1 amide bonds.